The fourth-order valence-electron chi connectivity index (χ4n) is 0.576. The number of benzene rings is 1. The molecule has 0 aromatic heterocycles. The van der Waals surface area contributed by atoms with E-state index in [0.29, 0.717) is 5.75 Å². The van der Waals surface area contributed by atoms with Gasteiger partial charge in [-0.3, -0.25) is 0 Å². The fourth-order valence-corrected chi connectivity index (χ4v) is 0.886. The van der Waals surface area contributed by atoms with Crippen LogP contribution in [0.4, 0.5) is 0 Å². The van der Waals surface area contributed by atoms with E-state index in [1.165, 1.54) is 0 Å². The molecular formula is C6H8ClO3P. The highest BCUT2D eigenvalue weighted by molar-refractivity contribution is 7.39. The molecule has 0 spiro atoms. The molecule has 0 heterocycles. The molecule has 11 heavy (non-hydrogen) atoms. The van der Waals surface area contributed by atoms with E-state index in [-0.39, 0.29) is 12.4 Å². The maximum atomic E-state index is 8.40. The van der Waals surface area contributed by atoms with Crippen LogP contribution in [0.15, 0.2) is 30.3 Å². The van der Waals surface area contributed by atoms with Crippen LogP contribution in [0.5, 0.6) is 5.75 Å². The van der Waals surface area contributed by atoms with Crippen LogP contribution in [0.3, 0.4) is 0 Å². The van der Waals surface area contributed by atoms with Crippen molar-refractivity contribution >= 4 is 21.0 Å². The van der Waals surface area contributed by atoms with Crippen molar-refractivity contribution in [2.24, 2.45) is 0 Å². The van der Waals surface area contributed by atoms with Gasteiger partial charge in [0.25, 0.3) is 0 Å². The summed E-state index contributed by atoms with van der Waals surface area (Å²) in [4.78, 5) is 16.8. The van der Waals surface area contributed by atoms with Gasteiger partial charge in [-0.15, -0.1) is 12.4 Å². The van der Waals surface area contributed by atoms with Crippen LogP contribution in [-0.2, 0) is 0 Å². The van der Waals surface area contributed by atoms with E-state index in [9.17, 15) is 0 Å². The number of hydrogen-bond donors (Lipinski definition) is 2. The second-order valence-electron chi connectivity index (χ2n) is 1.66. The summed E-state index contributed by atoms with van der Waals surface area (Å²) in [5, 5.41) is 0. The first kappa shape index (κ1) is 10.7. The van der Waals surface area contributed by atoms with Crippen LogP contribution in [0, 0.1) is 0 Å². The van der Waals surface area contributed by atoms with Gasteiger partial charge in [0, 0.05) is 0 Å². The molecule has 0 bridgehead atoms. The summed E-state index contributed by atoms with van der Waals surface area (Å²) >= 11 is 0. The standard InChI is InChI=1S/C6H7O3P.ClH/c7-10(8)9-6-4-2-1-3-5-6;/h1-5,7-8H;1H. The SMILES string of the molecule is Cl.OP(O)Oc1ccccc1. The van der Waals surface area contributed by atoms with Crippen molar-refractivity contribution in [1.82, 2.24) is 0 Å². The van der Waals surface area contributed by atoms with Crippen LogP contribution >= 0.6 is 21.0 Å². The smallest absolute Gasteiger partial charge is 0.391 e. The Bertz CT molecular complexity index is 192. The van der Waals surface area contributed by atoms with Gasteiger partial charge in [0.05, 0.1) is 0 Å². The zero-order valence-corrected chi connectivity index (χ0v) is 7.26. The van der Waals surface area contributed by atoms with Crippen LogP contribution in [0.2, 0.25) is 0 Å². The molecule has 3 nitrogen and oxygen atoms in total. The highest BCUT2D eigenvalue weighted by Crippen LogP contribution is 2.27. The molecule has 5 heteroatoms. The molecule has 0 saturated heterocycles. The monoisotopic (exact) mass is 194 g/mol. The van der Waals surface area contributed by atoms with Crippen molar-refractivity contribution in [3.05, 3.63) is 30.3 Å². The third-order valence-corrected chi connectivity index (χ3v) is 1.30. The Morgan fingerprint density at radius 3 is 2.09 bits per heavy atom. The molecule has 62 valence electrons. The largest absolute Gasteiger partial charge is 0.427 e. The molecule has 2 N–H and O–H groups in total. The third-order valence-electron chi connectivity index (χ3n) is 0.930. The van der Waals surface area contributed by atoms with Crippen molar-refractivity contribution in [2.45, 2.75) is 0 Å². The van der Waals surface area contributed by atoms with E-state index in [1.807, 2.05) is 6.07 Å². The summed E-state index contributed by atoms with van der Waals surface area (Å²) in [5.74, 6) is 0.471. The van der Waals surface area contributed by atoms with Crippen LogP contribution in [0.1, 0.15) is 0 Å². The van der Waals surface area contributed by atoms with Gasteiger partial charge in [0.2, 0.25) is 0 Å². The highest BCUT2D eigenvalue weighted by Gasteiger charge is 1.99. The van der Waals surface area contributed by atoms with Gasteiger partial charge >= 0.3 is 8.60 Å². The lowest BCUT2D eigenvalue weighted by Gasteiger charge is -2.02. The summed E-state index contributed by atoms with van der Waals surface area (Å²) in [7, 11) is -2.28. The summed E-state index contributed by atoms with van der Waals surface area (Å²) in [6.45, 7) is 0. The first-order valence-corrected chi connectivity index (χ1v) is 3.86. The maximum Gasteiger partial charge on any atom is 0.391 e. The fraction of sp³-hybridized carbons (Fsp3) is 0. The van der Waals surface area contributed by atoms with Crippen molar-refractivity contribution in [3.8, 4) is 5.75 Å². The Hall–Kier alpha value is -0.340. The Balaban J connectivity index is 0.000001000. The van der Waals surface area contributed by atoms with Crippen LogP contribution < -0.4 is 4.52 Å². The Kier molecular flexibility index (Phi) is 5.16. The minimum atomic E-state index is -2.28. The van der Waals surface area contributed by atoms with Crippen molar-refractivity contribution in [2.75, 3.05) is 0 Å². The van der Waals surface area contributed by atoms with Crippen molar-refractivity contribution in [1.29, 1.82) is 0 Å². The zero-order chi connectivity index (χ0) is 7.40. The van der Waals surface area contributed by atoms with Gasteiger partial charge in [-0.1, -0.05) is 18.2 Å². The molecule has 0 amide bonds. The summed E-state index contributed by atoms with van der Waals surface area (Å²) in [6, 6.07) is 8.65. The predicted octanol–water partition coefficient (Wildman–Crippen LogP) is 1.70. The molecule has 0 aliphatic heterocycles. The third kappa shape index (κ3) is 4.17. The first-order chi connectivity index (χ1) is 4.79. The first-order valence-electron chi connectivity index (χ1n) is 2.70. The zero-order valence-electron chi connectivity index (χ0n) is 5.54. The number of para-hydroxylation sites is 1. The number of halogens is 1. The minimum absolute atomic E-state index is 0. The maximum absolute atomic E-state index is 8.40. The van der Waals surface area contributed by atoms with Gasteiger partial charge in [-0.2, -0.15) is 0 Å². The summed E-state index contributed by atoms with van der Waals surface area (Å²) in [5.41, 5.74) is 0. The minimum Gasteiger partial charge on any atom is -0.427 e. The average molecular weight is 195 g/mol. The predicted molar refractivity (Wildman–Crippen MR) is 45.7 cm³/mol. The molecule has 1 rings (SSSR count). The quantitative estimate of drug-likeness (QED) is 0.705. The lowest BCUT2D eigenvalue weighted by Crippen LogP contribution is -1.82. The van der Waals surface area contributed by atoms with Crippen LogP contribution in [-0.4, -0.2) is 9.79 Å². The van der Waals surface area contributed by atoms with E-state index < -0.39 is 8.60 Å². The second-order valence-corrected chi connectivity index (χ2v) is 2.35. The molecule has 0 saturated carbocycles. The molecule has 0 aliphatic rings. The van der Waals surface area contributed by atoms with Gasteiger partial charge in [0.1, 0.15) is 5.75 Å². The summed E-state index contributed by atoms with van der Waals surface area (Å²) < 4.78 is 4.59. The molecule has 1 aromatic rings. The number of hydrogen-bond acceptors (Lipinski definition) is 3. The molecule has 0 atom stereocenters. The van der Waals surface area contributed by atoms with Gasteiger partial charge in [0.15, 0.2) is 0 Å². The topological polar surface area (TPSA) is 49.7 Å². The molecule has 1 aromatic carbocycles. The van der Waals surface area contributed by atoms with Gasteiger partial charge in [-0.25, -0.2) is 0 Å². The summed E-state index contributed by atoms with van der Waals surface area (Å²) in [6.07, 6.45) is 0. The van der Waals surface area contributed by atoms with Gasteiger partial charge < -0.3 is 14.3 Å². The van der Waals surface area contributed by atoms with Crippen molar-refractivity contribution < 1.29 is 14.3 Å². The lowest BCUT2D eigenvalue weighted by atomic mass is 10.3. The van der Waals surface area contributed by atoms with Crippen molar-refractivity contribution in [3.63, 3.8) is 0 Å². The van der Waals surface area contributed by atoms with E-state index in [2.05, 4.69) is 4.52 Å². The molecular weight excluding hydrogens is 186 g/mol. The average Bonchev–Trinajstić information content (AvgIpc) is 1.88. The van der Waals surface area contributed by atoms with E-state index >= 15 is 0 Å². The molecule has 0 aliphatic carbocycles. The molecule has 0 radical (unpaired) electrons. The Labute approximate surface area is 72.0 Å². The number of rotatable bonds is 2. The molecule has 0 fully saturated rings. The normalized spacial score (nSPS) is 9.00. The van der Waals surface area contributed by atoms with E-state index in [4.69, 9.17) is 9.79 Å². The van der Waals surface area contributed by atoms with Crippen LogP contribution in [0.25, 0.3) is 0 Å². The Morgan fingerprint density at radius 2 is 1.64 bits per heavy atom. The lowest BCUT2D eigenvalue weighted by molar-refractivity contribution is 0.375. The van der Waals surface area contributed by atoms with Gasteiger partial charge in [-0.05, 0) is 12.1 Å². The second kappa shape index (κ2) is 5.33. The van der Waals surface area contributed by atoms with E-state index in [1.54, 1.807) is 24.3 Å². The van der Waals surface area contributed by atoms with E-state index in [0.717, 1.165) is 0 Å². The highest BCUT2D eigenvalue weighted by atomic mass is 35.5. The Morgan fingerprint density at radius 1 is 1.09 bits per heavy atom. The molecule has 0 unspecified atom stereocenters.